The van der Waals surface area contributed by atoms with Gasteiger partial charge in [0.2, 0.25) is 0 Å². The van der Waals surface area contributed by atoms with Crippen molar-refractivity contribution in [3.8, 4) is 0 Å². The van der Waals surface area contributed by atoms with Crippen LogP contribution in [0.4, 0.5) is 0 Å². The van der Waals surface area contributed by atoms with Crippen LogP contribution in [0.3, 0.4) is 0 Å². The summed E-state index contributed by atoms with van der Waals surface area (Å²) in [6.45, 7) is 5.77. The Morgan fingerprint density at radius 3 is 2.62 bits per heavy atom. The van der Waals surface area contributed by atoms with E-state index in [-0.39, 0.29) is 24.0 Å². The van der Waals surface area contributed by atoms with Crippen LogP contribution in [0.5, 0.6) is 0 Å². The van der Waals surface area contributed by atoms with Crippen molar-refractivity contribution in [3.05, 3.63) is 59.9 Å². The van der Waals surface area contributed by atoms with Crippen LogP contribution in [0.15, 0.2) is 53.7 Å². The highest BCUT2D eigenvalue weighted by Crippen LogP contribution is 2.05. The number of benzene rings is 1. The highest BCUT2D eigenvalue weighted by atomic mass is 127. The van der Waals surface area contributed by atoms with Crippen LogP contribution in [-0.4, -0.2) is 65.7 Å². The summed E-state index contributed by atoms with van der Waals surface area (Å²) in [5, 5.41) is 10.3. The van der Waals surface area contributed by atoms with Crippen molar-refractivity contribution in [1.82, 2.24) is 25.3 Å². The second-order valence-corrected chi connectivity index (χ2v) is 6.08. The molecule has 0 aliphatic carbocycles. The monoisotopic (exact) mass is 466 g/mol. The first-order valence-electron chi connectivity index (χ1n) is 8.73. The number of nitrogens with zero attached hydrogens (tertiary/aromatic N) is 4. The van der Waals surface area contributed by atoms with E-state index < -0.39 is 0 Å². The summed E-state index contributed by atoms with van der Waals surface area (Å²) in [7, 11) is 1.84. The van der Waals surface area contributed by atoms with E-state index in [1.54, 1.807) is 6.20 Å². The molecule has 1 aromatic heterocycles. The van der Waals surface area contributed by atoms with Crippen molar-refractivity contribution in [1.29, 1.82) is 0 Å². The quantitative estimate of drug-likeness (QED) is 0.404. The van der Waals surface area contributed by atoms with E-state index in [2.05, 4.69) is 66.7 Å². The molecule has 26 heavy (non-hydrogen) atoms. The molecule has 0 atom stereocenters. The Bertz CT molecular complexity index is 675. The summed E-state index contributed by atoms with van der Waals surface area (Å²) < 4.78 is 0. The molecule has 0 spiro atoms. The molecule has 0 amide bonds. The molecule has 140 valence electrons. The number of rotatable bonds is 5. The zero-order valence-electron chi connectivity index (χ0n) is 15.1. The molecule has 0 bridgehead atoms. The summed E-state index contributed by atoms with van der Waals surface area (Å²) in [4.78, 5) is 9.19. The van der Waals surface area contributed by atoms with Gasteiger partial charge in [-0.15, -0.1) is 24.0 Å². The summed E-state index contributed by atoms with van der Waals surface area (Å²) in [6.07, 6.45) is 6.20. The van der Waals surface area contributed by atoms with E-state index >= 15 is 0 Å². The second-order valence-electron chi connectivity index (χ2n) is 6.08. The molecule has 2 heterocycles. The van der Waals surface area contributed by atoms with Crippen molar-refractivity contribution >= 4 is 36.0 Å². The zero-order chi connectivity index (χ0) is 17.3. The number of aliphatic imine (C=N–C) groups is 1. The molecule has 3 rings (SSSR count). The lowest BCUT2D eigenvalue weighted by atomic mass is 10.2. The molecule has 1 saturated heterocycles. The fourth-order valence-electron chi connectivity index (χ4n) is 2.93. The third-order valence-electron chi connectivity index (χ3n) is 4.35. The molecule has 7 heteroatoms. The summed E-state index contributed by atoms with van der Waals surface area (Å²) in [6, 6.07) is 12.4. The first kappa shape index (κ1) is 20.4. The average Bonchev–Trinajstić information content (AvgIpc) is 3.18. The third-order valence-corrected chi connectivity index (χ3v) is 4.35. The van der Waals surface area contributed by atoms with Crippen molar-refractivity contribution in [2.75, 3.05) is 39.8 Å². The predicted octanol–water partition coefficient (Wildman–Crippen LogP) is 2.43. The number of hydrogen-bond donors (Lipinski definition) is 2. The van der Waals surface area contributed by atoms with Gasteiger partial charge in [0.15, 0.2) is 5.96 Å². The van der Waals surface area contributed by atoms with Gasteiger partial charge < -0.3 is 10.2 Å². The van der Waals surface area contributed by atoms with Crippen LogP contribution in [-0.2, 0) is 6.54 Å². The normalized spacial score (nSPS) is 15.9. The van der Waals surface area contributed by atoms with Crippen molar-refractivity contribution in [3.63, 3.8) is 0 Å². The molecule has 2 N–H and O–H groups in total. The third kappa shape index (κ3) is 6.14. The first-order chi connectivity index (χ1) is 12.3. The molecular formula is C19H27IN6. The summed E-state index contributed by atoms with van der Waals surface area (Å²) in [5.41, 5.74) is 2.32. The van der Waals surface area contributed by atoms with E-state index in [0.717, 1.165) is 44.4 Å². The Balaban J connectivity index is 0.00000243. The van der Waals surface area contributed by atoms with Gasteiger partial charge in [0.05, 0.1) is 12.2 Å². The molecule has 1 aliphatic heterocycles. The van der Waals surface area contributed by atoms with Crippen molar-refractivity contribution in [2.24, 2.45) is 4.99 Å². The largest absolute Gasteiger partial charge is 0.351 e. The number of aromatic nitrogens is 2. The van der Waals surface area contributed by atoms with E-state index in [9.17, 15) is 0 Å². The minimum atomic E-state index is 0. The fourth-order valence-corrected chi connectivity index (χ4v) is 2.93. The summed E-state index contributed by atoms with van der Waals surface area (Å²) >= 11 is 0. The number of hydrogen-bond acceptors (Lipinski definition) is 3. The number of aromatic amines is 1. The van der Waals surface area contributed by atoms with Gasteiger partial charge in [-0.05, 0) is 11.6 Å². The van der Waals surface area contributed by atoms with Gasteiger partial charge in [-0.25, -0.2) is 0 Å². The maximum atomic E-state index is 4.40. The van der Waals surface area contributed by atoms with Gasteiger partial charge in [0, 0.05) is 46.0 Å². The fraction of sp³-hybridized carbons (Fsp3) is 0.368. The number of halogens is 1. The van der Waals surface area contributed by atoms with Crippen LogP contribution in [0.1, 0.15) is 11.3 Å². The minimum Gasteiger partial charge on any atom is -0.351 e. The molecule has 1 aromatic carbocycles. The zero-order valence-corrected chi connectivity index (χ0v) is 17.5. The summed E-state index contributed by atoms with van der Waals surface area (Å²) in [5.74, 6) is 0.953. The SMILES string of the molecule is CN=C(NCc1ccn[nH]1)N1CCN(C/C=C/c2ccccc2)CC1.I. The Morgan fingerprint density at radius 2 is 1.96 bits per heavy atom. The number of H-pyrrole nitrogens is 1. The number of guanidine groups is 1. The molecule has 0 radical (unpaired) electrons. The molecule has 0 saturated carbocycles. The lowest BCUT2D eigenvalue weighted by Crippen LogP contribution is -2.52. The molecule has 6 nitrogen and oxygen atoms in total. The Morgan fingerprint density at radius 1 is 1.19 bits per heavy atom. The van der Waals surface area contributed by atoms with E-state index in [1.165, 1.54) is 5.56 Å². The van der Waals surface area contributed by atoms with Crippen LogP contribution < -0.4 is 5.32 Å². The van der Waals surface area contributed by atoms with Crippen LogP contribution >= 0.6 is 24.0 Å². The molecule has 1 aliphatic rings. The lowest BCUT2D eigenvalue weighted by Gasteiger charge is -2.36. The second kappa shape index (κ2) is 11.0. The molecule has 1 fully saturated rings. The maximum Gasteiger partial charge on any atom is 0.194 e. The van der Waals surface area contributed by atoms with Crippen LogP contribution in [0.2, 0.25) is 0 Å². The topological polar surface area (TPSA) is 59.6 Å². The van der Waals surface area contributed by atoms with Gasteiger partial charge in [-0.2, -0.15) is 5.10 Å². The Labute approximate surface area is 172 Å². The first-order valence-corrected chi connectivity index (χ1v) is 8.73. The van der Waals surface area contributed by atoms with Gasteiger partial charge in [0.1, 0.15) is 0 Å². The molecule has 0 unspecified atom stereocenters. The number of piperazine rings is 1. The smallest absolute Gasteiger partial charge is 0.194 e. The van der Waals surface area contributed by atoms with Gasteiger partial charge in [-0.1, -0.05) is 42.5 Å². The van der Waals surface area contributed by atoms with Crippen LogP contribution in [0, 0.1) is 0 Å². The molecule has 2 aromatic rings. The van der Waals surface area contributed by atoms with Gasteiger partial charge in [0.25, 0.3) is 0 Å². The lowest BCUT2D eigenvalue weighted by molar-refractivity contribution is 0.194. The predicted molar refractivity (Wildman–Crippen MR) is 118 cm³/mol. The molecular weight excluding hydrogens is 439 g/mol. The Hall–Kier alpha value is -1.87. The Kier molecular flexibility index (Phi) is 8.63. The van der Waals surface area contributed by atoms with E-state index in [4.69, 9.17) is 0 Å². The van der Waals surface area contributed by atoms with Gasteiger partial charge >= 0.3 is 0 Å². The minimum absolute atomic E-state index is 0. The maximum absolute atomic E-state index is 4.40. The highest BCUT2D eigenvalue weighted by molar-refractivity contribution is 14.0. The standard InChI is InChI=1S/C19H26N6.HI/c1-20-19(21-16-18-9-10-22-23-18)25-14-12-24(13-15-25)11-5-8-17-6-3-2-4-7-17;/h2-10H,11-16H2,1H3,(H,20,21)(H,22,23);1H/b8-5+;. The highest BCUT2D eigenvalue weighted by Gasteiger charge is 2.18. The number of nitrogens with one attached hydrogen (secondary N) is 2. The van der Waals surface area contributed by atoms with Crippen LogP contribution in [0.25, 0.3) is 6.08 Å². The average molecular weight is 466 g/mol. The van der Waals surface area contributed by atoms with E-state index in [1.807, 2.05) is 19.2 Å². The van der Waals surface area contributed by atoms with E-state index in [0.29, 0.717) is 6.54 Å². The van der Waals surface area contributed by atoms with Crippen molar-refractivity contribution < 1.29 is 0 Å². The van der Waals surface area contributed by atoms with Gasteiger partial charge in [-0.3, -0.25) is 15.0 Å². The van der Waals surface area contributed by atoms with Crippen molar-refractivity contribution in [2.45, 2.75) is 6.54 Å².